The van der Waals surface area contributed by atoms with Crippen molar-refractivity contribution >= 4 is 23.2 Å². The lowest BCUT2D eigenvalue weighted by molar-refractivity contribution is -0.125. The molecule has 1 aliphatic heterocycles. The van der Waals surface area contributed by atoms with Gasteiger partial charge in [-0.3, -0.25) is 9.59 Å². The number of nitrogens with zero attached hydrogens (tertiary/aromatic N) is 1. The Labute approximate surface area is 135 Å². The molecule has 2 aliphatic rings. The van der Waals surface area contributed by atoms with Gasteiger partial charge in [0.2, 0.25) is 5.91 Å². The number of hydrogen-bond donors (Lipinski definition) is 1. The number of nitrogens with one attached hydrogen (secondary N) is 1. The fourth-order valence-corrected chi connectivity index (χ4v) is 4.22. The molecular formula is C17H24N2O2S. The van der Waals surface area contributed by atoms with Gasteiger partial charge in [-0.1, -0.05) is 31.7 Å². The van der Waals surface area contributed by atoms with Crippen LogP contribution in [0.4, 0.5) is 0 Å². The predicted octanol–water partition coefficient (Wildman–Crippen LogP) is 3.19. The summed E-state index contributed by atoms with van der Waals surface area (Å²) >= 11 is 1.45. The number of carbonyl (C=O) groups excluding carboxylic acids is 2. The third kappa shape index (κ3) is 3.51. The van der Waals surface area contributed by atoms with Crippen LogP contribution in [-0.4, -0.2) is 35.3 Å². The molecule has 120 valence electrons. The number of hydrogen-bond acceptors (Lipinski definition) is 3. The molecule has 1 saturated carbocycles. The van der Waals surface area contributed by atoms with E-state index in [-0.39, 0.29) is 17.9 Å². The highest BCUT2D eigenvalue weighted by molar-refractivity contribution is 7.12. The van der Waals surface area contributed by atoms with Crippen LogP contribution in [0.5, 0.6) is 0 Å². The highest BCUT2D eigenvalue weighted by Gasteiger charge is 2.35. The average molecular weight is 320 g/mol. The topological polar surface area (TPSA) is 49.4 Å². The quantitative estimate of drug-likeness (QED) is 0.870. The van der Waals surface area contributed by atoms with Crippen LogP contribution < -0.4 is 5.32 Å². The summed E-state index contributed by atoms with van der Waals surface area (Å²) in [6, 6.07) is 3.74. The van der Waals surface area contributed by atoms with Gasteiger partial charge in [0, 0.05) is 12.6 Å². The van der Waals surface area contributed by atoms with Crippen molar-refractivity contribution in [1.82, 2.24) is 10.2 Å². The molecule has 1 atom stereocenters. The van der Waals surface area contributed by atoms with E-state index in [4.69, 9.17) is 0 Å². The summed E-state index contributed by atoms with van der Waals surface area (Å²) in [5.41, 5.74) is 0. The number of rotatable bonds is 3. The zero-order valence-corrected chi connectivity index (χ0v) is 13.7. The van der Waals surface area contributed by atoms with E-state index in [0.717, 1.165) is 30.6 Å². The SMILES string of the molecule is O=C(NC1CCCCCC1)[C@H]1CCCN1C(=O)c1cccs1. The third-order valence-corrected chi connectivity index (χ3v) is 5.61. The van der Waals surface area contributed by atoms with Crippen LogP contribution in [0.3, 0.4) is 0 Å². The zero-order valence-electron chi connectivity index (χ0n) is 12.9. The number of amides is 2. The maximum absolute atomic E-state index is 12.6. The second kappa shape index (κ2) is 7.27. The van der Waals surface area contributed by atoms with Crippen LogP contribution in [-0.2, 0) is 4.79 Å². The van der Waals surface area contributed by atoms with Crippen molar-refractivity contribution in [3.8, 4) is 0 Å². The molecular weight excluding hydrogens is 296 g/mol. The van der Waals surface area contributed by atoms with Crippen LogP contribution in [0.1, 0.15) is 61.0 Å². The lowest BCUT2D eigenvalue weighted by Crippen LogP contribution is -2.48. The molecule has 3 rings (SSSR count). The van der Waals surface area contributed by atoms with E-state index < -0.39 is 0 Å². The number of thiophene rings is 1. The lowest BCUT2D eigenvalue weighted by Gasteiger charge is -2.26. The van der Waals surface area contributed by atoms with Crippen LogP contribution >= 0.6 is 11.3 Å². The van der Waals surface area contributed by atoms with Crippen molar-refractivity contribution in [2.24, 2.45) is 0 Å². The van der Waals surface area contributed by atoms with Gasteiger partial charge in [0.15, 0.2) is 0 Å². The molecule has 1 aromatic rings. The molecule has 5 heteroatoms. The normalized spacial score (nSPS) is 23.3. The van der Waals surface area contributed by atoms with Gasteiger partial charge in [-0.05, 0) is 37.1 Å². The first-order valence-corrected chi connectivity index (χ1v) is 9.28. The predicted molar refractivity (Wildman–Crippen MR) is 88.0 cm³/mol. The highest BCUT2D eigenvalue weighted by atomic mass is 32.1. The second-order valence-corrected chi connectivity index (χ2v) is 7.28. The minimum absolute atomic E-state index is 0.00789. The summed E-state index contributed by atoms with van der Waals surface area (Å²) in [7, 11) is 0. The fourth-order valence-electron chi connectivity index (χ4n) is 3.55. The standard InChI is InChI=1S/C17H24N2O2S/c20-16(18-13-7-3-1-2-4-8-13)14-9-5-11-19(14)17(21)15-10-6-12-22-15/h6,10,12-14H,1-5,7-9,11H2,(H,18,20)/t14-/m1/s1. The highest BCUT2D eigenvalue weighted by Crippen LogP contribution is 2.23. The van der Waals surface area contributed by atoms with Gasteiger partial charge in [0.25, 0.3) is 5.91 Å². The molecule has 0 radical (unpaired) electrons. The van der Waals surface area contributed by atoms with Gasteiger partial charge in [-0.2, -0.15) is 0 Å². The molecule has 4 nitrogen and oxygen atoms in total. The summed E-state index contributed by atoms with van der Waals surface area (Å²) in [4.78, 5) is 27.6. The van der Waals surface area contributed by atoms with E-state index >= 15 is 0 Å². The van der Waals surface area contributed by atoms with Gasteiger partial charge >= 0.3 is 0 Å². The minimum Gasteiger partial charge on any atom is -0.352 e. The summed E-state index contributed by atoms with van der Waals surface area (Å²) in [6.45, 7) is 0.694. The molecule has 2 fully saturated rings. The van der Waals surface area contributed by atoms with Crippen LogP contribution in [0.15, 0.2) is 17.5 Å². The van der Waals surface area contributed by atoms with Crippen LogP contribution in [0.25, 0.3) is 0 Å². The van der Waals surface area contributed by atoms with Crippen molar-refractivity contribution in [2.45, 2.75) is 63.5 Å². The minimum atomic E-state index is -0.280. The molecule has 1 N–H and O–H groups in total. The average Bonchev–Trinajstić information content (AvgIpc) is 3.16. The first-order chi connectivity index (χ1) is 10.8. The first kappa shape index (κ1) is 15.5. The Kier molecular flexibility index (Phi) is 5.13. The van der Waals surface area contributed by atoms with Gasteiger partial charge in [0.05, 0.1) is 4.88 Å². The summed E-state index contributed by atoms with van der Waals surface area (Å²) in [6.07, 6.45) is 8.82. The lowest BCUT2D eigenvalue weighted by atomic mass is 10.1. The summed E-state index contributed by atoms with van der Waals surface area (Å²) in [5.74, 6) is 0.0582. The largest absolute Gasteiger partial charge is 0.352 e. The molecule has 1 aromatic heterocycles. The van der Waals surface area contributed by atoms with Crippen LogP contribution in [0.2, 0.25) is 0 Å². The van der Waals surface area contributed by atoms with Gasteiger partial charge < -0.3 is 10.2 Å². The van der Waals surface area contributed by atoms with Crippen molar-refractivity contribution in [3.05, 3.63) is 22.4 Å². The van der Waals surface area contributed by atoms with Gasteiger partial charge in [0.1, 0.15) is 6.04 Å². The number of carbonyl (C=O) groups is 2. The monoisotopic (exact) mass is 320 g/mol. The van der Waals surface area contributed by atoms with Crippen molar-refractivity contribution in [3.63, 3.8) is 0 Å². The molecule has 1 aliphatic carbocycles. The molecule has 0 spiro atoms. The first-order valence-electron chi connectivity index (χ1n) is 8.40. The van der Waals surface area contributed by atoms with Crippen molar-refractivity contribution in [2.75, 3.05) is 6.54 Å². The van der Waals surface area contributed by atoms with Crippen molar-refractivity contribution in [1.29, 1.82) is 0 Å². The number of likely N-dealkylation sites (tertiary alicyclic amines) is 1. The van der Waals surface area contributed by atoms with Crippen molar-refractivity contribution < 1.29 is 9.59 Å². The molecule has 1 saturated heterocycles. The maximum atomic E-state index is 12.6. The Balaban J connectivity index is 1.62. The van der Waals surface area contributed by atoms with E-state index in [1.54, 1.807) is 4.90 Å². The van der Waals surface area contributed by atoms with Gasteiger partial charge in [-0.25, -0.2) is 0 Å². The molecule has 22 heavy (non-hydrogen) atoms. The van der Waals surface area contributed by atoms with E-state index in [9.17, 15) is 9.59 Å². The van der Waals surface area contributed by atoms with E-state index in [1.165, 1.54) is 37.0 Å². The third-order valence-electron chi connectivity index (χ3n) is 4.75. The summed E-state index contributed by atoms with van der Waals surface area (Å²) < 4.78 is 0. The second-order valence-electron chi connectivity index (χ2n) is 6.33. The zero-order chi connectivity index (χ0) is 15.4. The molecule has 2 heterocycles. The van der Waals surface area contributed by atoms with Gasteiger partial charge in [-0.15, -0.1) is 11.3 Å². The molecule has 0 aromatic carbocycles. The Bertz CT molecular complexity index is 507. The molecule has 2 amide bonds. The van der Waals surface area contributed by atoms with Crippen LogP contribution in [0, 0.1) is 0 Å². The Morgan fingerprint density at radius 2 is 1.86 bits per heavy atom. The smallest absolute Gasteiger partial charge is 0.264 e. The molecule has 0 unspecified atom stereocenters. The summed E-state index contributed by atoms with van der Waals surface area (Å²) in [5, 5.41) is 5.11. The Morgan fingerprint density at radius 3 is 2.55 bits per heavy atom. The van der Waals surface area contributed by atoms with E-state index in [2.05, 4.69) is 5.32 Å². The Morgan fingerprint density at radius 1 is 1.09 bits per heavy atom. The van der Waals surface area contributed by atoms with E-state index in [1.807, 2.05) is 17.5 Å². The van der Waals surface area contributed by atoms with E-state index in [0.29, 0.717) is 12.6 Å². The Hall–Kier alpha value is -1.36. The maximum Gasteiger partial charge on any atom is 0.264 e. The molecule has 0 bridgehead atoms. The fraction of sp³-hybridized carbons (Fsp3) is 0.647.